The smallest absolute Gasteiger partial charge is 0.226 e. The highest BCUT2D eigenvalue weighted by atomic mass is 32.1. The molecule has 0 spiro atoms. The van der Waals surface area contributed by atoms with E-state index in [1.54, 1.807) is 29.6 Å². The van der Waals surface area contributed by atoms with E-state index in [0.29, 0.717) is 22.8 Å². The minimum atomic E-state index is -0.328. The lowest BCUT2D eigenvalue weighted by molar-refractivity contribution is -0.116. The number of thiazole rings is 1. The molecule has 1 heterocycles. The standard InChI is InChI=1S/C18H14F2N2OS/c19-14-7-4-12(5-8-14)6-9-17(23)22-18-21-16(11-24-18)13-2-1-3-15(20)10-13/h1-5,7-8,10-11H,6,9H2,(H,21,22,23). The van der Waals surface area contributed by atoms with Crippen molar-refractivity contribution in [2.45, 2.75) is 12.8 Å². The van der Waals surface area contributed by atoms with Crippen molar-refractivity contribution in [3.8, 4) is 11.3 Å². The van der Waals surface area contributed by atoms with Gasteiger partial charge in [0.15, 0.2) is 5.13 Å². The Morgan fingerprint density at radius 3 is 2.62 bits per heavy atom. The molecule has 0 radical (unpaired) electrons. The van der Waals surface area contributed by atoms with Crippen LogP contribution in [0.5, 0.6) is 0 Å². The Morgan fingerprint density at radius 2 is 1.88 bits per heavy atom. The van der Waals surface area contributed by atoms with Gasteiger partial charge >= 0.3 is 0 Å². The molecule has 0 aliphatic rings. The van der Waals surface area contributed by atoms with Crippen molar-refractivity contribution in [3.05, 3.63) is 71.1 Å². The molecule has 0 fully saturated rings. The third-order valence-electron chi connectivity index (χ3n) is 3.42. The third-order valence-corrected chi connectivity index (χ3v) is 4.18. The number of aromatic nitrogens is 1. The van der Waals surface area contributed by atoms with E-state index in [1.807, 2.05) is 0 Å². The van der Waals surface area contributed by atoms with Gasteiger partial charge in [-0.05, 0) is 36.2 Å². The molecule has 0 aliphatic heterocycles. The van der Waals surface area contributed by atoms with Gasteiger partial charge in [0.25, 0.3) is 0 Å². The minimum absolute atomic E-state index is 0.167. The predicted octanol–water partition coefficient (Wildman–Crippen LogP) is 4.66. The molecule has 3 nitrogen and oxygen atoms in total. The fourth-order valence-electron chi connectivity index (χ4n) is 2.20. The molecule has 0 bridgehead atoms. The van der Waals surface area contributed by atoms with Gasteiger partial charge in [-0.15, -0.1) is 11.3 Å². The number of carbonyl (C=O) groups is 1. The first-order valence-electron chi connectivity index (χ1n) is 7.36. The number of hydrogen-bond acceptors (Lipinski definition) is 3. The molecule has 1 amide bonds. The normalized spacial score (nSPS) is 10.6. The summed E-state index contributed by atoms with van der Waals surface area (Å²) in [6.45, 7) is 0. The summed E-state index contributed by atoms with van der Waals surface area (Å²) in [5, 5.41) is 4.97. The van der Waals surface area contributed by atoms with E-state index in [1.165, 1.54) is 35.6 Å². The Morgan fingerprint density at radius 1 is 1.08 bits per heavy atom. The fourth-order valence-corrected chi connectivity index (χ4v) is 2.94. The van der Waals surface area contributed by atoms with Crippen LogP contribution in [0, 0.1) is 11.6 Å². The quantitative estimate of drug-likeness (QED) is 0.731. The topological polar surface area (TPSA) is 42.0 Å². The maximum Gasteiger partial charge on any atom is 0.226 e. The molecule has 3 rings (SSSR count). The van der Waals surface area contributed by atoms with Gasteiger partial charge in [0.1, 0.15) is 11.6 Å². The highest BCUT2D eigenvalue weighted by Crippen LogP contribution is 2.25. The number of anilines is 1. The Labute approximate surface area is 142 Å². The van der Waals surface area contributed by atoms with Crippen LogP contribution in [0.25, 0.3) is 11.3 Å². The highest BCUT2D eigenvalue weighted by molar-refractivity contribution is 7.14. The SMILES string of the molecule is O=C(CCc1ccc(F)cc1)Nc1nc(-c2cccc(F)c2)cs1. The van der Waals surface area contributed by atoms with E-state index >= 15 is 0 Å². The van der Waals surface area contributed by atoms with Crippen LogP contribution in [-0.4, -0.2) is 10.9 Å². The average Bonchev–Trinajstić information content (AvgIpc) is 3.03. The van der Waals surface area contributed by atoms with Gasteiger partial charge in [-0.1, -0.05) is 24.3 Å². The average molecular weight is 344 g/mol. The maximum absolute atomic E-state index is 13.2. The van der Waals surface area contributed by atoms with Crippen LogP contribution < -0.4 is 5.32 Å². The lowest BCUT2D eigenvalue weighted by Crippen LogP contribution is -2.12. The molecule has 122 valence electrons. The van der Waals surface area contributed by atoms with E-state index in [4.69, 9.17) is 0 Å². The number of aryl methyl sites for hydroxylation is 1. The Kier molecular flexibility index (Phi) is 4.96. The molecule has 6 heteroatoms. The summed E-state index contributed by atoms with van der Waals surface area (Å²) in [5.74, 6) is -0.791. The Bertz CT molecular complexity index is 846. The molecule has 0 aliphatic carbocycles. The van der Waals surface area contributed by atoms with Crippen molar-refractivity contribution in [2.75, 3.05) is 5.32 Å². The highest BCUT2D eigenvalue weighted by Gasteiger charge is 2.09. The first-order chi connectivity index (χ1) is 11.6. The molecule has 1 aromatic heterocycles. The largest absolute Gasteiger partial charge is 0.302 e. The Balaban J connectivity index is 1.58. The van der Waals surface area contributed by atoms with E-state index < -0.39 is 0 Å². The van der Waals surface area contributed by atoms with Crippen molar-refractivity contribution in [3.63, 3.8) is 0 Å². The fraction of sp³-hybridized carbons (Fsp3) is 0.111. The first-order valence-corrected chi connectivity index (χ1v) is 8.24. The Hall–Kier alpha value is -2.60. The van der Waals surface area contributed by atoms with Gasteiger partial charge < -0.3 is 5.32 Å². The zero-order chi connectivity index (χ0) is 16.9. The van der Waals surface area contributed by atoms with Crippen LogP contribution in [0.4, 0.5) is 13.9 Å². The van der Waals surface area contributed by atoms with Crippen LogP contribution >= 0.6 is 11.3 Å². The van der Waals surface area contributed by atoms with Crippen LogP contribution in [0.3, 0.4) is 0 Å². The predicted molar refractivity (Wildman–Crippen MR) is 90.9 cm³/mol. The van der Waals surface area contributed by atoms with E-state index in [2.05, 4.69) is 10.3 Å². The second kappa shape index (κ2) is 7.31. The van der Waals surface area contributed by atoms with Crippen LogP contribution in [0.15, 0.2) is 53.9 Å². The van der Waals surface area contributed by atoms with E-state index in [-0.39, 0.29) is 24.0 Å². The molecule has 0 unspecified atom stereocenters. The zero-order valence-corrected chi connectivity index (χ0v) is 13.4. The van der Waals surface area contributed by atoms with Crippen molar-refractivity contribution in [1.29, 1.82) is 0 Å². The summed E-state index contributed by atoms with van der Waals surface area (Å²) < 4.78 is 26.1. The van der Waals surface area contributed by atoms with Crippen molar-refractivity contribution >= 4 is 22.4 Å². The molecule has 2 aromatic carbocycles. The molecular weight excluding hydrogens is 330 g/mol. The first kappa shape index (κ1) is 16.3. The van der Waals surface area contributed by atoms with Gasteiger partial charge in [-0.3, -0.25) is 4.79 Å². The second-order valence-electron chi connectivity index (χ2n) is 5.22. The summed E-state index contributed by atoms with van der Waals surface area (Å²) in [6, 6.07) is 12.2. The monoisotopic (exact) mass is 344 g/mol. The summed E-state index contributed by atoms with van der Waals surface area (Å²) >= 11 is 1.29. The zero-order valence-electron chi connectivity index (χ0n) is 12.6. The van der Waals surface area contributed by atoms with Crippen LogP contribution in [0.1, 0.15) is 12.0 Å². The lowest BCUT2D eigenvalue weighted by atomic mass is 10.1. The van der Waals surface area contributed by atoms with Gasteiger partial charge in [-0.25, -0.2) is 13.8 Å². The van der Waals surface area contributed by atoms with E-state index in [0.717, 1.165) is 5.56 Å². The van der Waals surface area contributed by atoms with Gasteiger partial charge in [0.05, 0.1) is 5.69 Å². The number of benzene rings is 2. The third kappa shape index (κ3) is 4.23. The molecular formula is C18H14F2N2OS. The number of amides is 1. The van der Waals surface area contributed by atoms with Crippen molar-refractivity contribution in [1.82, 2.24) is 4.98 Å². The van der Waals surface area contributed by atoms with E-state index in [9.17, 15) is 13.6 Å². The number of hydrogen-bond donors (Lipinski definition) is 1. The van der Waals surface area contributed by atoms with Crippen LogP contribution in [-0.2, 0) is 11.2 Å². The molecule has 3 aromatic rings. The summed E-state index contributed by atoms with van der Waals surface area (Å²) in [4.78, 5) is 16.3. The van der Waals surface area contributed by atoms with Crippen LogP contribution in [0.2, 0.25) is 0 Å². The number of nitrogens with one attached hydrogen (secondary N) is 1. The summed E-state index contributed by atoms with van der Waals surface area (Å²) in [5.41, 5.74) is 2.18. The number of carbonyl (C=O) groups excluding carboxylic acids is 1. The van der Waals surface area contributed by atoms with Gasteiger partial charge in [-0.2, -0.15) is 0 Å². The molecule has 0 atom stereocenters. The molecule has 0 saturated carbocycles. The number of nitrogens with zero attached hydrogens (tertiary/aromatic N) is 1. The number of halogens is 2. The lowest BCUT2D eigenvalue weighted by Gasteiger charge is -2.02. The summed E-state index contributed by atoms with van der Waals surface area (Å²) in [7, 11) is 0. The molecule has 1 N–H and O–H groups in total. The number of rotatable bonds is 5. The minimum Gasteiger partial charge on any atom is -0.302 e. The second-order valence-corrected chi connectivity index (χ2v) is 6.08. The molecule has 0 saturated heterocycles. The maximum atomic E-state index is 13.2. The van der Waals surface area contributed by atoms with Crippen molar-refractivity contribution < 1.29 is 13.6 Å². The van der Waals surface area contributed by atoms with Gasteiger partial charge in [0.2, 0.25) is 5.91 Å². The molecule has 24 heavy (non-hydrogen) atoms. The van der Waals surface area contributed by atoms with Crippen molar-refractivity contribution in [2.24, 2.45) is 0 Å². The summed E-state index contributed by atoms with van der Waals surface area (Å²) in [6.07, 6.45) is 0.800. The van der Waals surface area contributed by atoms with Gasteiger partial charge in [0, 0.05) is 17.4 Å².